The van der Waals surface area contributed by atoms with Gasteiger partial charge in [0.15, 0.2) is 0 Å². The van der Waals surface area contributed by atoms with Crippen LogP contribution < -0.4 is 4.74 Å². The molecule has 94 valence electrons. The first-order valence-electron chi connectivity index (χ1n) is 6.48. The summed E-state index contributed by atoms with van der Waals surface area (Å²) >= 11 is 0. The van der Waals surface area contributed by atoms with Crippen molar-refractivity contribution in [3.05, 3.63) is 24.0 Å². The van der Waals surface area contributed by atoms with Gasteiger partial charge in [-0.2, -0.15) is 0 Å². The van der Waals surface area contributed by atoms with Crippen molar-refractivity contribution >= 4 is 0 Å². The van der Waals surface area contributed by atoms with Gasteiger partial charge in [-0.25, -0.2) is 0 Å². The molecule has 1 fully saturated rings. The predicted molar refractivity (Wildman–Crippen MR) is 69.3 cm³/mol. The topological polar surface area (TPSA) is 25.4 Å². The normalized spacial score (nSPS) is 21.8. The van der Waals surface area contributed by atoms with Crippen LogP contribution in [0.5, 0.6) is 5.75 Å². The summed E-state index contributed by atoms with van der Waals surface area (Å²) in [4.78, 5) is 6.74. The summed E-state index contributed by atoms with van der Waals surface area (Å²) < 4.78 is 5.99. The molecule has 1 aromatic rings. The average molecular weight is 234 g/mol. The largest absolute Gasteiger partial charge is 0.487 e. The van der Waals surface area contributed by atoms with Gasteiger partial charge in [-0.3, -0.25) is 9.88 Å². The summed E-state index contributed by atoms with van der Waals surface area (Å²) in [5.74, 6) is 0.895. The molecule has 0 spiro atoms. The Bertz CT molecular complexity index is 348. The quantitative estimate of drug-likeness (QED) is 0.804. The smallest absolute Gasteiger partial charge is 0.138 e. The van der Waals surface area contributed by atoms with Crippen LogP contribution in [0.25, 0.3) is 0 Å². The molecular formula is C14H22N2O. The number of pyridine rings is 1. The number of nitrogens with zero attached hydrogens (tertiary/aromatic N) is 2. The zero-order chi connectivity index (χ0) is 12.3. The van der Waals surface area contributed by atoms with Crippen molar-refractivity contribution in [1.29, 1.82) is 0 Å². The van der Waals surface area contributed by atoms with E-state index in [9.17, 15) is 0 Å². The Balaban J connectivity index is 1.92. The van der Waals surface area contributed by atoms with Gasteiger partial charge < -0.3 is 4.74 Å². The first-order valence-corrected chi connectivity index (χ1v) is 6.48. The fourth-order valence-corrected chi connectivity index (χ4v) is 2.25. The lowest BCUT2D eigenvalue weighted by molar-refractivity contribution is 0.0704. The van der Waals surface area contributed by atoms with E-state index >= 15 is 0 Å². The van der Waals surface area contributed by atoms with Crippen LogP contribution in [0.1, 0.15) is 32.4 Å². The Kier molecular flexibility index (Phi) is 4.00. The van der Waals surface area contributed by atoms with Crippen molar-refractivity contribution in [2.24, 2.45) is 0 Å². The first-order chi connectivity index (χ1) is 8.15. The van der Waals surface area contributed by atoms with Crippen LogP contribution in [0.15, 0.2) is 18.3 Å². The summed E-state index contributed by atoms with van der Waals surface area (Å²) in [5, 5.41) is 0. The van der Waals surface area contributed by atoms with Gasteiger partial charge in [-0.05, 0) is 52.3 Å². The Morgan fingerprint density at radius 1 is 1.41 bits per heavy atom. The summed E-state index contributed by atoms with van der Waals surface area (Å²) in [6, 6.07) is 4.62. The van der Waals surface area contributed by atoms with E-state index in [0.717, 1.165) is 24.4 Å². The lowest BCUT2D eigenvalue weighted by Crippen LogP contribution is -2.44. The molecule has 0 saturated carbocycles. The Morgan fingerprint density at radius 2 is 2.24 bits per heavy atom. The summed E-state index contributed by atoms with van der Waals surface area (Å²) in [7, 11) is 0. The van der Waals surface area contributed by atoms with Crippen molar-refractivity contribution in [1.82, 2.24) is 9.88 Å². The van der Waals surface area contributed by atoms with E-state index in [4.69, 9.17) is 4.74 Å². The van der Waals surface area contributed by atoms with E-state index in [1.807, 2.05) is 25.3 Å². The van der Waals surface area contributed by atoms with Gasteiger partial charge in [0.25, 0.3) is 0 Å². The maximum Gasteiger partial charge on any atom is 0.138 e. The molecule has 2 rings (SSSR count). The van der Waals surface area contributed by atoms with E-state index < -0.39 is 0 Å². The van der Waals surface area contributed by atoms with Crippen molar-refractivity contribution < 1.29 is 4.74 Å². The molecule has 2 heterocycles. The molecule has 0 aliphatic carbocycles. The van der Waals surface area contributed by atoms with Crippen molar-refractivity contribution in [2.75, 3.05) is 13.1 Å². The zero-order valence-electron chi connectivity index (χ0n) is 11.0. The minimum absolute atomic E-state index is 0.315. The number of hydrogen-bond acceptors (Lipinski definition) is 3. The average Bonchev–Trinajstić information content (AvgIpc) is 2.32. The molecule has 1 saturated heterocycles. The first kappa shape index (κ1) is 12.4. The molecular weight excluding hydrogens is 212 g/mol. The van der Waals surface area contributed by atoms with Gasteiger partial charge in [-0.1, -0.05) is 0 Å². The molecule has 0 radical (unpaired) electrons. The van der Waals surface area contributed by atoms with Gasteiger partial charge in [0.1, 0.15) is 11.9 Å². The standard InChI is InChI=1S/C14H22N2O/c1-11(2)16-8-4-5-14(10-16)17-13-7-6-12(3)15-9-13/h6-7,9,11,14H,4-5,8,10H2,1-3H3. The molecule has 1 aliphatic heterocycles. The number of piperidine rings is 1. The number of aryl methyl sites for hydroxylation is 1. The molecule has 17 heavy (non-hydrogen) atoms. The van der Waals surface area contributed by atoms with E-state index in [1.165, 1.54) is 13.0 Å². The van der Waals surface area contributed by atoms with E-state index in [-0.39, 0.29) is 0 Å². The highest BCUT2D eigenvalue weighted by Crippen LogP contribution is 2.19. The Morgan fingerprint density at radius 3 is 2.88 bits per heavy atom. The van der Waals surface area contributed by atoms with Crippen molar-refractivity contribution in [3.63, 3.8) is 0 Å². The fourth-order valence-electron chi connectivity index (χ4n) is 2.25. The number of aromatic nitrogens is 1. The minimum atomic E-state index is 0.315. The van der Waals surface area contributed by atoms with Gasteiger partial charge in [0, 0.05) is 18.3 Å². The van der Waals surface area contributed by atoms with Crippen LogP contribution in [-0.2, 0) is 0 Å². The van der Waals surface area contributed by atoms with E-state index in [2.05, 4.69) is 23.7 Å². The van der Waals surface area contributed by atoms with E-state index in [1.54, 1.807) is 0 Å². The van der Waals surface area contributed by atoms with Crippen LogP contribution in [0.2, 0.25) is 0 Å². The molecule has 1 aliphatic rings. The molecule has 1 unspecified atom stereocenters. The molecule has 0 bridgehead atoms. The molecule has 3 nitrogen and oxygen atoms in total. The Labute approximate surface area is 104 Å². The molecule has 0 amide bonds. The highest BCUT2D eigenvalue weighted by molar-refractivity contribution is 5.19. The van der Waals surface area contributed by atoms with Crippen LogP contribution in [0.4, 0.5) is 0 Å². The summed E-state index contributed by atoms with van der Waals surface area (Å²) in [5.41, 5.74) is 1.03. The second kappa shape index (κ2) is 5.50. The third-order valence-corrected chi connectivity index (χ3v) is 3.33. The fraction of sp³-hybridized carbons (Fsp3) is 0.643. The number of hydrogen-bond donors (Lipinski definition) is 0. The maximum atomic E-state index is 5.99. The monoisotopic (exact) mass is 234 g/mol. The molecule has 1 atom stereocenters. The lowest BCUT2D eigenvalue weighted by Gasteiger charge is -2.35. The molecule has 0 aromatic carbocycles. The summed E-state index contributed by atoms with van der Waals surface area (Å²) in [6.45, 7) is 8.71. The van der Waals surface area contributed by atoms with Crippen molar-refractivity contribution in [2.45, 2.75) is 45.8 Å². The summed E-state index contributed by atoms with van der Waals surface area (Å²) in [6.07, 6.45) is 4.51. The van der Waals surface area contributed by atoms with Crippen LogP contribution in [-0.4, -0.2) is 35.1 Å². The number of ether oxygens (including phenoxy) is 1. The number of likely N-dealkylation sites (tertiary alicyclic amines) is 1. The van der Waals surface area contributed by atoms with Gasteiger partial charge in [0.2, 0.25) is 0 Å². The molecule has 0 N–H and O–H groups in total. The lowest BCUT2D eigenvalue weighted by atomic mass is 10.1. The maximum absolute atomic E-state index is 5.99. The van der Waals surface area contributed by atoms with Crippen molar-refractivity contribution in [3.8, 4) is 5.75 Å². The second-order valence-corrected chi connectivity index (χ2v) is 5.11. The predicted octanol–water partition coefficient (Wildman–Crippen LogP) is 2.64. The van der Waals surface area contributed by atoms with E-state index in [0.29, 0.717) is 12.1 Å². The SMILES string of the molecule is Cc1ccc(OC2CCCN(C(C)C)C2)cn1. The zero-order valence-corrected chi connectivity index (χ0v) is 11.0. The second-order valence-electron chi connectivity index (χ2n) is 5.11. The van der Waals surface area contributed by atoms with Gasteiger partial charge in [0.05, 0.1) is 6.20 Å². The third-order valence-electron chi connectivity index (χ3n) is 3.33. The van der Waals surface area contributed by atoms with Crippen LogP contribution in [0, 0.1) is 6.92 Å². The minimum Gasteiger partial charge on any atom is -0.487 e. The third kappa shape index (κ3) is 3.43. The Hall–Kier alpha value is -1.09. The number of rotatable bonds is 3. The molecule has 3 heteroatoms. The molecule has 1 aromatic heterocycles. The van der Waals surface area contributed by atoms with Gasteiger partial charge in [-0.15, -0.1) is 0 Å². The van der Waals surface area contributed by atoms with Crippen LogP contribution >= 0.6 is 0 Å². The van der Waals surface area contributed by atoms with Gasteiger partial charge >= 0.3 is 0 Å². The highest BCUT2D eigenvalue weighted by Gasteiger charge is 2.22. The highest BCUT2D eigenvalue weighted by atomic mass is 16.5. The van der Waals surface area contributed by atoms with Crippen LogP contribution in [0.3, 0.4) is 0 Å².